The molecule has 0 aliphatic carbocycles. The van der Waals surface area contributed by atoms with Gasteiger partial charge in [0.2, 0.25) is 5.82 Å². The van der Waals surface area contributed by atoms with Crippen molar-refractivity contribution in [3.05, 3.63) is 46.3 Å². The van der Waals surface area contributed by atoms with E-state index in [1.54, 1.807) is 30.5 Å². The molecule has 0 aliphatic heterocycles. The third-order valence-corrected chi connectivity index (χ3v) is 2.35. The highest BCUT2D eigenvalue weighted by atomic mass is 16.6. The van der Waals surface area contributed by atoms with Gasteiger partial charge in [-0.05, 0) is 23.1 Å². The van der Waals surface area contributed by atoms with Crippen LogP contribution < -0.4 is 5.73 Å². The highest BCUT2D eigenvalue weighted by Crippen LogP contribution is 2.16. The lowest BCUT2D eigenvalue weighted by Crippen LogP contribution is -2.13. The molecule has 0 saturated heterocycles. The normalized spacial score (nSPS) is 11.2. The van der Waals surface area contributed by atoms with Crippen molar-refractivity contribution in [1.29, 1.82) is 0 Å². The smallest absolute Gasteiger partial charge is 0.343 e. The van der Waals surface area contributed by atoms with Crippen molar-refractivity contribution in [3.63, 3.8) is 0 Å². The third kappa shape index (κ3) is 2.46. The predicted octanol–water partition coefficient (Wildman–Crippen LogP) is 1.51. The Morgan fingerprint density at radius 2 is 2.39 bits per heavy atom. The summed E-state index contributed by atoms with van der Waals surface area (Å²) >= 11 is 0. The maximum absolute atomic E-state index is 10.8. The van der Waals surface area contributed by atoms with E-state index in [1.807, 2.05) is 0 Å². The summed E-state index contributed by atoms with van der Waals surface area (Å²) in [4.78, 5) is 14.3. The molecule has 0 fully saturated rings. The highest BCUT2D eigenvalue weighted by Gasteiger charge is 2.17. The van der Waals surface area contributed by atoms with Gasteiger partial charge in [0.05, 0.1) is 6.26 Å². The zero-order valence-electron chi connectivity index (χ0n) is 9.52. The molecule has 0 spiro atoms. The van der Waals surface area contributed by atoms with Gasteiger partial charge in [-0.2, -0.15) is 0 Å². The average molecular weight is 248 g/mol. The minimum absolute atomic E-state index is 0.0699. The minimum Gasteiger partial charge on any atom is -0.465 e. The second-order valence-electron chi connectivity index (χ2n) is 3.52. The number of nitro groups is 1. The zero-order valence-corrected chi connectivity index (χ0v) is 9.52. The molecular formula is C11H12N4O3. The second kappa shape index (κ2) is 5.28. The van der Waals surface area contributed by atoms with Gasteiger partial charge in [0.1, 0.15) is 18.5 Å². The van der Waals surface area contributed by atoms with Gasteiger partial charge in [0.15, 0.2) is 0 Å². The van der Waals surface area contributed by atoms with Crippen LogP contribution in [0.3, 0.4) is 0 Å². The number of hydrogen-bond donors (Lipinski definition) is 1. The Hall–Kier alpha value is -2.41. The number of hydrogen-bond acceptors (Lipinski definition) is 5. The predicted molar refractivity (Wildman–Crippen MR) is 65.6 cm³/mol. The molecule has 0 aromatic carbocycles. The lowest BCUT2D eigenvalue weighted by atomic mass is 10.4. The summed E-state index contributed by atoms with van der Waals surface area (Å²) < 4.78 is 6.58. The van der Waals surface area contributed by atoms with Crippen LogP contribution in [0, 0.1) is 10.1 Å². The first kappa shape index (κ1) is 12.1. The molecule has 2 rings (SSSR count). The van der Waals surface area contributed by atoms with Crippen molar-refractivity contribution in [1.82, 2.24) is 9.55 Å². The number of imidazole rings is 1. The Balaban J connectivity index is 2.30. The molecule has 0 unspecified atom stereocenters. The van der Waals surface area contributed by atoms with Crippen LogP contribution in [0.2, 0.25) is 0 Å². The van der Waals surface area contributed by atoms with Crippen molar-refractivity contribution in [2.24, 2.45) is 5.73 Å². The topological polar surface area (TPSA) is 100 Å². The maximum atomic E-state index is 10.8. The summed E-state index contributed by atoms with van der Waals surface area (Å²) in [5.41, 5.74) is 5.43. The highest BCUT2D eigenvalue weighted by molar-refractivity contribution is 5.64. The van der Waals surface area contributed by atoms with Crippen LogP contribution in [0.25, 0.3) is 12.2 Å². The molecule has 0 atom stereocenters. The fraction of sp³-hybridized carbons (Fsp3) is 0.182. The van der Waals surface area contributed by atoms with Crippen LogP contribution in [0.1, 0.15) is 11.6 Å². The van der Waals surface area contributed by atoms with E-state index >= 15 is 0 Å². The van der Waals surface area contributed by atoms with E-state index in [4.69, 9.17) is 10.2 Å². The number of nitrogens with zero attached hydrogens (tertiary/aromatic N) is 3. The van der Waals surface area contributed by atoms with E-state index in [9.17, 15) is 10.1 Å². The maximum Gasteiger partial charge on any atom is 0.343 e. The summed E-state index contributed by atoms with van der Waals surface area (Å²) in [6.07, 6.45) is 6.12. The number of nitrogens with two attached hydrogens (primary N) is 1. The van der Waals surface area contributed by atoms with Gasteiger partial charge in [0.25, 0.3) is 0 Å². The number of rotatable bonds is 5. The minimum atomic E-state index is -0.479. The SMILES string of the molecule is NCCn1c([N+](=O)[O-])cnc1/C=C/c1ccco1. The second-order valence-corrected chi connectivity index (χ2v) is 3.52. The van der Waals surface area contributed by atoms with Crippen molar-refractivity contribution in [2.75, 3.05) is 6.54 Å². The summed E-state index contributed by atoms with van der Waals surface area (Å²) in [6, 6.07) is 3.54. The monoisotopic (exact) mass is 248 g/mol. The summed E-state index contributed by atoms with van der Waals surface area (Å²) in [6.45, 7) is 0.646. The summed E-state index contributed by atoms with van der Waals surface area (Å²) in [5, 5.41) is 10.8. The first-order valence-corrected chi connectivity index (χ1v) is 5.34. The Bertz CT molecular complexity index is 557. The molecule has 7 nitrogen and oxygen atoms in total. The van der Waals surface area contributed by atoms with Gasteiger partial charge < -0.3 is 20.3 Å². The lowest BCUT2D eigenvalue weighted by molar-refractivity contribution is -0.392. The van der Waals surface area contributed by atoms with Crippen LogP contribution >= 0.6 is 0 Å². The van der Waals surface area contributed by atoms with E-state index in [2.05, 4.69) is 4.98 Å². The largest absolute Gasteiger partial charge is 0.465 e. The molecule has 2 aromatic heterocycles. The summed E-state index contributed by atoms with van der Waals surface area (Å²) in [7, 11) is 0. The Morgan fingerprint density at radius 1 is 1.56 bits per heavy atom. The summed E-state index contributed by atoms with van der Waals surface area (Å²) in [5.74, 6) is 1.06. The Morgan fingerprint density at radius 3 is 3.00 bits per heavy atom. The van der Waals surface area contributed by atoms with Gasteiger partial charge in [-0.15, -0.1) is 0 Å². The molecular weight excluding hydrogens is 236 g/mol. The molecule has 7 heteroatoms. The van der Waals surface area contributed by atoms with E-state index in [-0.39, 0.29) is 5.82 Å². The van der Waals surface area contributed by atoms with Crippen molar-refractivity contribution < 1.29 is 9.34 Å². The fourth-order valence-corrected chi connectivity index (χ4v) is 1.56. The average Bonchev–Trinajstić information content (AvgIpc) is 2.95. The van der Waals surface area contributed by atoms with Gasteiger partial charge in [-0.1, -0.05) is 0 Å². The van der Waals surface area contributed by atoms with Crippen LogP contribution in [-0.2, 0) is 6.54 Å². The molecule has 0 radical (unpaired) electrons. The number of furan rings is 1. The molecule has 18 heavy (non-hydrogen) atoms. The quantitative estimate of drug-likeness (QED) is 0.638. The molecule has 0 amide bonds. The van der Waals surface area contributed by atoms with Gasteiger partial charge in [0, 0.05) is 12.6 Å². The van der Waals surface area contributed by atoms with Gasteiger partial charge in [-0.25, -0.2) is 9.55 Å². The molecule has 2 N–H and O–H groups in total. The van der Waals surface area contributed by atoms with E-state index in [1.165, 1.54) is 10.8 Å². The molecule has 94 valence electrons. The van der Waals surface area contributed by atoms with Gasteiger partial charge >= 0.3 is 5.82 Å². The zero-order chi connectivity index (χ0) is 13.0. The molecule has 0 aliphatic rings. The van der Waals surface area contributed by atoms with Crippen molar-refractivity contribution in [2.45, 2.75) is 6.54 Å². The molecule has 2 aromatic rings. The first-order valence-electron chi connectivity index (χ1n) is 5.34. The van der Waals surface area contributed by atoms with Crippen LogP contribution in [0.15, 0.2) is 29.0 Å². The van der Waals surface area contributed by atoms with Gasteiger partial charge in [-0.3, -0.25) is 0 Å². The van der Waals surface area contributed by atoms with E-state index < -0.39 is 4.92 Å². The first-order chi connectivity index (χ1) is 8.72. The molecule has 2 heterocycles. The number of aromatic nitrogens is 2. The fourth-order valence-electron chi connectivity index (χ4n) is 1.56. The molecule has 0 bridgehead atoms. The van der Waals surface area contributed by atoms with Crippen molar-refractivity contribution in [3.8, 4) is 0 Å². The Kier molecular flexibility index (Phi) is 3.54. The third-order valence-electron chi connectivity index (χ3n) is 2.35. The van der Waals surface area contributed by atoms with Crippen LogP contribution in [0.4, 0.5) is 5.82 Å². The molecule has 0 saturated carbocycles. The Labute approximate surface area is 103 Å². The van der Waals surface area contributed by atoms with Crippen LogP contribution in [0.5, 0.6) is 0 Å². The standard InChI is InChI=1S/C11H12N4O3/c12-5-6-14-10(13-8-11(14)15(16)17)4-3-9-2-1-7-18-9/h1-4,7-8H,5-6,12H2/b4-3+. The van der Waals surface area contributed by atoms with Crippen molar-refractivity contribution >= 4 is 18.0 Å². The van der Waals surface area contributed by atoms with E-state index in [0.29, 0.717) is 24.7 Å². The lowest BCUT2D eigenvalue weighted by Gasteiger charge is -1.99. The van der Waals surface area contributed by atoms with Crippen LogP contribution in [-0.4, -0.2) is 21.0 Å². The van der Waals surface area contributed by atoms with E-state index in [0.717, 1.165) is 0 Å².